The molecule has 0 spiro atoms. The van der Waals surface area contributed by atoms with Crippen molar-refractivity contribution >= 4 is 15.9 Å². The van der Waals surface area contributed by atoms with Gasteiger partial charge in [-0.15, -0.1) is 0 Å². The Morgan fingerprint density at radius 1 is 1.48 bits per heavy atom. The fraction of sp³-hybridized carbons (Fsp3) is 0.824. The predicted octanol–water partition coefficient (Wildman–Crippen LogP) is 4.22. The number of aryl methyl sites for hydroxylation is 2. The summed E-state index contributed by atoms with van der Waals surface area (Å²) in [6, 6.07) is 0. The van der Waals surface area contributed by atoms with Crippen molar-refractivity contribution in [2.75, 3.05) is 0 Å². The maximum absolute atomic E-state index is 6.78. The summed E-state index contributed by atoms with van der Waals surface area (Å²) >= 11 is 3.73. The quantitative estimate of drug-likeness (QED) is 0.858. The van der Waals surface area contributed by atoms with Crippen molar-refractivity contribution in [3.8, 4) is 0 Å². The molecule has 2 unspecified atom stereocenters. The lowest BCUT2D eigenvalue weighted by Crippen LogP contribution is -2.46. The van der Waals surface area contributed by atoms with Gasteiger partial charge in [-0.2, -0.15) is 5.10 Å². The Morgan fingerprint density at radius 2 is 2.19 bits per heavy atom. The van der Waals surface area contributed by atoms with Gasteiger partial charge in [0.15, 0.2) is 0 Å². The smallest absolute Gasteiger partial charge is 0.0766 e. The minimum Gasteiger partial charge on any atom is -0.325 e. The summed E-state index contributed by atoms with van der Waals surface area (Å²) in [6.45, 7) is 6.78. The lowest BCUT2D eigenvalue weighted by Gasteiger charge is -2.39. The zero-order valence-corrected chi connectivity index (χ0v) is 15.5. The van der Waals surface area contributed by atoms with Crippen molar-refractivity contribution in [2.45, 2.75) is 71.3 Å². The second kappa shape index (κ2) is 6.82. The number of nitrogens with two attached hydrogens (primary N) is 1. The summed E-state index contributed by atoms with van der Waals surface area (Å²) in [6.07, 6.45) is 8.12. The van der Waals surface area contributed by atoms with Crippen LogP contribution in [0.25, 0.3) is 0 Å². The molecule has 2 N–H and O–H groups in total. The van der Waals surface area contributed by atoms with E-state index in [0.717, 1.165) is 43.2 Å². The molecule has 0 aliphatic heterocycles. The molecule has 4 heteroatoms. The van der Waals surface area contributed by atoms with E-state index >= 15 is 0 Å². The number of aromatic nitrogens is 2. The molecule has 2 atom stereocenters. The van der Waals surface area contributed by atoms with Gasteiger partial charge in [0.05, 0.1) is 15.9 Å². The van der Waals surface area contributed by atoms with Crippen LogP contribution in [-0.4, -0.2) is 15.3 Å². The summed E-state index contributed by atoms with van der Waals surface area (Å²) in [5.41, 5.74) is 9.13. The maximum Gasteiger partial charge on any atom is 0.0766 e. The van der Waals surface area contributed by atoms with Gasteiger partial charge in [0.2, 0.25) is 0 Å². The Morgan fingerprint density at radius 3 is 2.76 bits per heavy atom. The lowest BCUT2D eigenvalue weighted by molar-refractivity contribution is 0.198. The first-order chi connectivity index (χ1) is 9.84. The highest BCUT2D eigenvalue weighted by Gasteiger charge is 2.34. The van der Waals surface area contributed by atoms with Crippen LogP contribution in [0.2, 0.25) is 0 Å². The molecule has 0 amide bonds. The molecular weight excluding hydrogens is 326 g/mol. The van der Waals surface area contributed by atoms with E-state index in [2.05, 4.69) is 41.8 Å². The second-order valence-electron chi connectivity index (χ2n) is 7.32. The molecule has 1 aromatic heterocycles. The van der Waals surface area contributed by atoms with Crippen molar-refractivity contribution < 1.29 is 0 Å². The molecule has 1 saturated carbocycles. The van der Waals surface area contributed by atoms with E-state index in [1.165, 1.54) is 29.4 Å². The average molecular weight is 356 g/mol. The fourth-order valence-corrected chi connectivity index (χ4v) is 4.65. The highest BCUT2D eigenvalue weighted by atomic mass is 79.9. The van der Waals surface area contributed by atoms with Crippen LogP contribution < -0.4 is 5.73 Å². The number of halogens is 1. The van der Waals surface area contributed by atoms with Gasteiger partial charge in [0.1, 0.15) is 0 Å². The molecule has 1 heterocycles. The Kier molecular flexibility index (Phi) is 5.53. The zero-order valence-electron chi connectivity index (χ0n) is 14.0. The molecule has 0 saturated heterocycles. The number of rotatable bonds is 5. The van der Waals surface area contributed by atoms with Crippen molar-refractivity contribution in [1.29, 1.82) is 0 Å². The molecule has 3 nitrogen and oxygen atoms in total. The number of nitrogens with zero attached hydrogens (tertiary/aromatic N) is 2. The van der Waals surface area contributed by atoms with Gasteiger partial charge in [-0.1, -0.05) is 33.6 Å². The lowest BCUT2D eigenvalue weighted by atomic mass is 9.72. The highest BCUT2D eigenvalue weighted by molar-refractivity contribution is 9.10. The van der Waals surface area contributed by atoms with Gasteiger partial charge in [0.25, 0.3) is 0 Å². The number of hydrogen-bond acceptors (Lipinski definition) is 2. The third-order valence-corrected chi connectivity index (χ3v) is 5.72. The summed E-state index contributed by atoms with van der Waals surface area (Å²) in [4.78, 5) is 0. The van der Waals surface area contributed by atoms with E-state index in [1.807, 2.05) is 11.7 Å². The van der Waals surface area contributed by atoms with Crippen LogP contribution in [0.15, 0.2) is 4.47 Å². The monoisotopic (exact) mass is 355 g/mol. The Labute approximate surface area is 137 Å². The first kappa shape index (κ1) is 17.0. The van der Waals surface area contributed by atoms with Gasteiger partial charge in [-0.05, 0) is 53.4 Å². The van der Waals surface area contributed by atoms with Gasteiger partial charge in [-0.25, -0.2) is 0 Å². The van der Waals surface area contributed by atoms with Gasteiger partial charge >= 0.3 is 0 Å². The summed E-state index contributed by atoms with van der Waals surface area (Å²) < 4.78 is 3.19. The van der Waals surface area contributed by atoms with E-state index in [4.69, 9.17) is 5.73 Å². The van der Waals surface area contributed by atoms with Gasteiger partial charge in [0, 0.05) is 19.0 Å². The Balaban J connectivity index is 2.12. The van der Waals surface area contributed by atoms with Crippen LogP contribution in [0.5, 0.6) is 0 Å². The third-order valence-electron chi connectivity index (χ3n) is 4.81. The van der Waals surface area contributed by atoms with Crippen molar-refractivity contribution in [3.63, 3.8) is 0 Å². The molecule has 0 bridgehead atoms. The largest absolute Gasteiger partial charge is 0.325 e. The molecular formula is C17H30BrN3. The third kappa shape index (κ3) is 4.10. The number of hydrogen-bond donors (Lipinski definition) is 1. The van der Waals surface area contributed by atoms with E-state index < -0.39 is 0 Å². The molecule has 0 radical (unpaired) electrons. The molecule has 1 fully saturated rings. The maximum atomic E-state index is 6.78. The first-order valence-electron chi connectivity index (χ1n) is 8.33. The molecule has 1 aliphatic carbocycles. The highest BCUT2D eigenvalue weighted by Crippen LogP contribution is 2.37. The standard InChI is InChI=1S/C17H30BrN3/c1-5-14-16(18)15(21(4)20-14)11-17(19)8-6-7-13(10-17)9-12(2)3/h12-13H,5-11,19H2,1-4H3. The van der Waals surface area contributed by atoms with E-state index in [0.29, 0.717) is 0 Å². The Hall–Kier alpha value is -0.350. The van der Waals surface area contributed by atoms with Crippen molar-refractivity contribution in [1.82, 2.24) is 9.78 Å². The minimum absolute atomic E-state index is 0.0564. The van der Waals surface area contributed by atoms with Crippen LogP contribution in [0.4, 0.5) is 0 Å². The SMILES string of the molecule is CCc1nn(C)c(CC2(N)CCCC(CC(C)C)C2)c1Br. The van der Waals surface area contributed by atoms with Crippen LogP contribution in [0.3, 0.4) is 0 Å². The van der Waals surface area contributed by atoms with Crippen LogP contribution in [-0.2, 0) is 19.9 Å². The molecule has 120 valence electrons. The molecule has 21 heavy (non-hydrogen) atoms. The van der Waals surface area contributed by atoms with Crippen LogP contribution >= 0.6 is 15.9 Å². The van der Waals surface area contributed by atoms with Gasteiger partial charge in [-0.3, -0.25) is 4.68 Å². The Bertz CT molecular complexity index is 481. The van der Waals surface area contributed by atoms with Crippen LogP contribution in [0, 0.1) is 11.8 Å². The molecule has 2 rings (SSSR count). The van der Waals surface area contributed by atoms with E-state index in [9.17, 15) is 0 Å². The summed E-state index contributed by atoms with van der Waals surface area (Å²) in [5, 5.41) is 4.61. The van der Waals surface area contributed by atoms with Crippen LogP contribution in [0.1, 0.15) is 64.3 Å². The molecule has 1 aromatic rings. The van der Waals surface area contributed by atoms with Gasteiger partial charge < -0.3 is 5.73 Å². The normalized spacial score (nSPS) is 26.5. The molecule has 1 aliphatic rings. The van der Waals surface area contributed by atoms with E-state index in [-0.39, 0.29) is 5.54 Å². The average Bonchev–Trinajstić information content (AvgIpc) is 2.65. The second-order valence-corrected chi connectivity index (χ2v) is 8.11. The summed E-state index contributed by atoms with van der Waals surface area (Å²) in [7, 11) is 2.04. The first-order valence-corrected chi connectivity index (χ1v) is 9.13. The van der Waals surface area contributed by atoms with Crippen molar-refractivity contribution in [3.05, 3.63) is 15.9 Å². The minimum atomic E-state index is -0.0564. The molecule has 0 aromatic carbocycles. The van der Waals surface area contributed by atoms with Crippen molar-refractivity contribution in [2.24, 2.45) is 24.6 Å². The topological polar surface area (TPSA) is 43.8 Å². The summed E-state index contributed by atoms with van der Waals surface area (Å²) in [5.74, 6) is 1.56. The van der Waals surface area contributed by atoms with E-state index in [1.54, 1.807) is 0 Å². The fourth-order valence-electron chi connectivity index (χ4n) is 3.90. The predicted molar refractivity (Wildman–Crippen MR) is 92.3 cm³/mol. The zero-order chi connectivity index (χ0) is 15.6.